The van der Waals surface area contributed by atoms with E-state index in [2.05, 4.69) is 10.6 Å². The van der Waals surface area contributed by atoms with Crippen molar-refractivity contribution in [3.05, 3.63) is 29.6 Å². The third-order valence-corrected chi connectivity index (χ3v) is 3.08. The van der Waals surface area contributed by atoms with Crippen LogP contribution in [-0.4, -0.2) is 18.4 Å². The fraction of sp³-hybridized carbons (Fsp3) is 0.467. The third kappa shape index (κ3) is 4.99. The number of nitrogens with one attached hydrogen (secondary N) is 2. The number of carbonyl (C=O) groups is 2. The van der Waals surface area contributed by atoms with Gasteiger partial charge < -0.3 is 5.32 Å². The molecule has 0 fully saturated rings. The Balaban J connectivity index is 2.61. The lowest BCUT2D eigenvalue weighted by Crippen LogP contribution is -2.24. The second-order valence-electron chi connectivity index (χ2n) is 5.16. The molecule has 20 heavy (non-hydrogen) atoms. The molecule has 2 N–H and O–H groups in total. The first-order valence-corrected chi connectivity index (χ1v) is 6.73. The molecule has 1 rings (SSSR count). The van der Waals surface area contributed by atoms with Crippen LogP contribution in [0.5, 0.6) is 0 Å². The van der Waals surface area contributed by atoms with Crippen molar-refractivity contribution in [1.82, 2.24) is 5.32 Å². The normalized spacial score (nSPS) is 12.1. The molecule has 5 heteroatoms. The lowest BCUT2D eigenvalue weighted by atomic mass is 10.0. The Morgan fingerprint density at radius 2 is 2.05 bits per heavy atom. The van der Waals surface area contributed by atoms with Crippen LogP contribution >= 0.6 is 0 Å². The van der Waals surface area contributed by atoms with E-state index in [1.807, 2.05) is 20.8 Å². The van der Waals surface area contributed by atoms with Gasteiger partial charge in [-0.2, -0.15) is 0 Å². The van der Waals surface area contributed by atoms with Gasteiger partial charge in [-0.1, -0.05) is 19.9 Å². The first kappa shape index (κ1) is 16.1. The van der Waals surface area contributed by atoms with E-state index in [4.69, 9.17) is 0 Å². The average molecular weight is 280 g/mol. The van der Waals surface area contributed by atoms with Gasteiger partial charge in [0.05, 0.1) is 5.69 Å². The zero-order valence-electron chi connectivity index (χ0n) is 12.1. The number of benzene rings is 1. The molecule has 0 aromatic heterocycles. The summed E-state index contributed by atoms with van der Waals surface area (Å²) < 4.78 is 13.7. The molecule has 0 saturated heterocycles. The Hall–Kier alpha value is -1.91. The predicted molar refractivity (Wildman–Crippen MR) is 77.0 cm³/mol. The Labute approximate surface area is 118 Å². The molecular formula is C15H21FN2O2. The number of halogens is 1. The molecule has 0 spiro atoms. The molecule has 0 aliphatic heterocycles. The number of rotatable bonds is 7. The van der Waals surface area contributed by atoms with Gasteiger partial charge in [-0.05, 0) is 37.0 Å². The maximum Gasteiger partial charge on any atom is 0.226 e. The van der Waals surface area contributed by atoms with Gasteiger partial charge in [0.2, 0.25) is 12.3 Å². The smallest absolute Gasteiger partial charge is 0.226 e. The monoisotopic (exact) mass is 280 g/mol. The molecule has 0 heterocycles. The van der Waals surface area contributed by atoms with E-state index < -0.39 is 0 Å². The number of amides is 2. The molecule has 1 aromatic carbocycles. The fourth-order valence-corrected chi connectivity index (χ4v) is 1.84. The number of hydrogen-bond acceptors (Lipinski definition) is 3. The molecule has 0 bridgehead atoms. The summed E-state index contributed by atoms with van der Waals surface area (Å²) in [6, 6.07) is 4.95. The summed E-state index contributed by atoms with van der Waals surface area (Å²) in [5.74, 6) is -0.312. The zero-order chi connectivity index (χ0) is 15.1. The highest BCUT2D eigenvalue weighted by Gasteiger charge is 2.10. The third-order valence-electron chi connectivity index (χ3n) is 3.08. The van der Waals surface area contributed by atoms with Gasteiger partial charge in [-0.3, -0.25) is 14.9 Å². The molecule has 0 saturated carbocycles. The fourth-order valence-electron chi connectivity index (χ4n) is 1.84. The topological polar surface area (TPSA) is 58.2 Å². The lowest BCUT2D eigenvalue weighted by Gasteiger charge is -2.17. The SMILES string of the molecule is CC(CCC(=O)NC=O)Nc1cc(C(C)C)ccc1F. The van der Waals surface area contributed by atoms with Gasteiger partial charge in [-0.15, -0.1) is 0 Å². The highest BCUT2D eigenvalue weighted by Crippen LogP contribution is 2.22. The highest BCUT2D eigenvalue weighted by atomic mass is 19.1. The van der Waals surface area contributed by atoms with Gasteiger partial charge in [0.15, 0.2) is 0 Å². The molecule has 0 radical (unpaired) electrons. The van der Waals surface area contributed by atoms with Crippen LogP contribution in [0.1, 0.15) is 45.1 Å². The van der Waals surface area contributed by atoms with E-state index in [0.717, 1.165) is 5.56 Å². The summed E-state index contributed by atoms with van der Waals surface area (Å²) in [6.07, 6.45) is 1.11. The summed E-state index contributed by atoms with van der Waals surface area (Å²) in [7, 11) is 0. The van der Waals surface area contributed by atoms with Crippen molar-refractivity contribution in [2.45, 2.75) is 45.6 Å². The molecular weight excluding hydrogens is 259 g/mol. The number of carbonyl (C=O) groups excluding carboxylic acids is 2. The molecule has 0 aliphatic rings. The Kier molecular flexibility index (Phi) is 6.15. The van der Waals surface area contributed by atoms with Crippen molar-refractivity contribution in [3.8, 4) is 0 Å². The van der Waals surface area contributed by atoms with E-state index in [-0.39, 0.29) is 24.2 Å². The summed E-state index contributed by atoms with van der Waals surface area (Å²) in [5.41, 5.74) is 1.50. The first-order chi connectivity index (χ1) is 9.43. The van der Waals surface area contributed by atoms with Crippen LogP contribution in [0.15, 0.2) is 18.2 Å². The molecule has 1 unspecified atom stereocenters. The summed E-state index contributed by atoms with van der Waals surface area (Å²) >= 11 is 0. The van der Waals surface area contributed by atoms with Crippen molar-refractivity contribution >= 4 is 18.0 Å². The molecule has 110 valence electrons. The molecule has 0 aliphatic carbocycles. The molecule has 2 amide bonds. The lowest BCUT2D eigenvalue weighted by molar-refractivity contribution is -0.125. The van der Waals surface area contributed by atoms with Crippen LogP contribution in [0, 0.1) is 5.82 Å². The second-order valence-corrected chi connectivity index (χ2v) is 5.16. The quantitative estimate of drug-likeness (QED) is 0.755. The van der Waals surface area contributed by atoms with E-state index in [1.165, 1.54) is 6.07 Å². The van der Waals surface area contributed by atoms with Crippen molar-refractivity contribution in [2.24, 2.45) is 0 Å². The van der Waals surface area contributed by atoms with E-state index >= 15 is 0 Å². The van der Waals surface area contributed by atoms with Crippen molar-refractivity contribution in [1.29, 1.82) is 0 Å². The van der Waals surface area contributed by atoms with Crippen LogP contribution in [0.3, 0.4) is 0 Å². The predicted octanol–water partition coefficient (Wildman–Crippen LogP) is 2.80. The van der Waals surface area contributed by atoms with E-state index in [0.29, 0.717) is 24.4 Å². The zero-order valence-corrected chi connectivity index (χ0v) is 12.1. The van der Waals surface area contributed by atoms with Crippen LogP contribution in [0.25, 0.3) is 0 Å². The minimum Gasteiger partial charge on any atom is -0.380 e. The van der Waals surface area contributed by atoms with Crippen LogP contribution in [0.4, 0.5) is 10.1 Å². The summed E-state index contributed by atoms with van der Waals surface area (Å²) in [4.78, 5) is 21.3. The minimum absolute atomic E-state index is 0.0654. The maximum atomic E-state index is 13.7. The van der Waals surface area contributed by atoms with Gasteiger partial charge in [-0.25, -0.2) is 4.39 Å². The average Bonchev–Trinajstić information content (AvgIpc) is 2.39. The number of imide groups is 1. The minimum atomic E-state index is -0.329. The number of hydrogen-bond donors (Lipinski definition) is 2. The van der Waals surface area contributed by atoms with Crippen molar-refractivity contribution in [2.75, 3.05) is 5.32 Å². The number of anilines is 1. The summed E-state index contributed by atoms with van der Waals surface area (Å²) in [6.45, 7) is 5.96. The van der Waals surface area contributed by atoms with Crippen LogP contribution in [0.2, 0.25) is 0 Å². The van der Waals surface area contributed by atoms with Gasteiger partial charge in [0, 0.05) is 12.5 Å². The molecule has 4 nitrogen and oxygen atoms in total. The van der Waals surface area contributed by atoms with E-state index in [9.17, 15) is 14.0 Å². The molecule has 1 aromatic rings. The molecule has 1 atom stereocenters. The van der Waals surface area contributed by atoms with Crippen molar-refractivity contribution in [3.63, 3.8) is 0 Å². The summed E-state index contributed by atoms with van der Waals surface area (Å²) in [5, 5.41) is 5.14. The van der Waals surface area contributed by atoms with E-state index in [1.54, 1.807) is 12.1 Å². The Bertz CT molecular complexity index is 475. The van der Waals surface area contributed by atoms with Gasteiger partial charge in [0.1, 0.15) is 5.82 Å². The maximum absolute atomic E-state index is 13.7. The Morgan fingerprint density at radius 1 is 1.35 bits per heavy atom. The second kappa shape index (κ2) is 7.62. The van der Waals surface area contributed by atoms with Gasteiger partial charge >= 0.3 is 0 Å². The van der Waals surface area contributed by atoms with Crippen LogP contribution < -0.4 is 10.6 Å². The van der Waals surface area contributed by atoms with Crippen molar-refractivity contribution < 1.29 is 14.0 Å². The Morgan fingerprint density at radius 3 is 2.65 bits per heavy atom. The first-order valence-electron chi connectivity index (χ1n) is 6.73. The highest BCUT2D eigenvalue weighted by molar-refractivity contribution is 5.85. The van der Waals surface area contributed by atoms with Crippen LogP contribution in [-0.2, 0) is 9.59 Å². The van der Waals surface area contributed by atoms with Gasteiger partial charge in [0.25, 0.3) is 0 Å². The standard InChI is InChI=1S/C15H21FN2O2/c1-10(2)12-5-6-13(16)14(8-12)18-11(3)4-7-15(20)17-9-19/h5-6,8-11,18H,4,7H2,1-3H3,(H,17,19,20). The largest absolute Gasteiger partial charge is 0.380 e.